The van der Waals surface area contributed by atoms with Gasteiger partial charge in [0.25, 0.3) is 10.0 Å². The number of benzene rings is 2. The van der Waals surface area contributed by atoms with Gasteiger partial charge in [0.2, 0.25) is 0 Å². The lowest BCUT2D eigenvalue weighted by atomic mass is 10.2. The van der Waals surface area contributed by atoms with E-state index in [4.69, 9.17) is 0 Å². The van der Waals surface area contributed by atoms with E-state index < -0.39 is 46.8 Å². The summed E-state index contributed by atoms with van der Waals surface area (Å²) < 4.78 is 29.6. The van der Waals surface area contributed by atoms with E-state index in [9.17, 15) is 28.6 Å². The van der Waals surface area contributed by atoms with E-state index in [-0.39, 0.29) is 5.69 Å². The lowest BCUT2D eigenvalue weighted by molar-refractivity contribution is -0.393. The molecule has 168 valence electrons. The predicted molar refractivity (Wildman–Crippen MR) is 120 cm³/mol. The van der Waals surface area contributed by atoms with E-state index in [1.54, 1.807) is 41.5 Å². The Kier molecular flexibility index (Phi) is 8.22. The molecule has 0 spiro atoms. The number of nitro benzene ring substituents is 2. The second kappa shape index (κ2) is 10.4. The van der Waals surface area contributed by atoms with Gasteiger partial charge in [0, 0.05) is 30.1 Å². The van der Waals surface area contributed by atoms with Crippen LogP contribution in [0.2, 0.25) is 0 Å². The first-order valence-electron chi connectivity index (χ1n) is 9.53. The molecule has 12 heteroatoms. The van der Waals surface area contributed by atoms with E-state index in [0.29, 0.717) is 30.8 Å². The average Bonchev–Trinajstić information content (AvgIpc) is 2.72. The molecule has 0 aromatic heterocycles. The van der Waals surface area contributed by atoms with Crippen molar-refractivity contribution in [3.63, 3.8) is 0 Å². The molecular weight excluding hydrogens is 444 g/mol. The van der Waals surface area contributed by atoms with Crippen LogP contribution < -0.4 is 4.90 Å². The summed E-state index contributed by atoms with van der Waals surface area (Å²) in [5, 5.41) is 23.5. The average molecular weight is 469 g/mol. The molecular formula is C19H24N4O6S2. The molecule has 0 saturated heterocycles. The monoisotopic (exact) mass is 468 g/mol. The molecule has 0 aliphatic carbocycles. The Bertz CT molecular complexity index is 1060. The Morgan fingerprint density at radius 1 is 0.968 bits per heavy atom. The summed E-state index contributed by atoms with van der Waals surface area (Å²) >= 11 is 0. The highest BCUT2D eigenvalue weighted by atomic mass is 32.3. The van der Waals surface area contributed by atoms with Crippen LogP contribution in [0.3, 0.4) is 0 Å². The Morgan fingerprint density at radius 2 is 1.45 bits per heavy atom. The molecule has 0 N–H and O–H groups in total. The van der Waals surface area contributed by atoms with Crippen LogP contribution in [-0.2, 0) is 20.7 Å². The number of rotatable bonds is 10. The van der Waals surface area contributed by atoms with Crippen LogP contribution in [0.5, 0.6) is 0 Å². The highest BCUT2D eigenvalue weighted by Gasteiger charge is 2.33. The molecule has 2 aromatic rings. The number of nitrogens with zero attached hydrogens (tertiary/aromatic N) is 4. The van der Waals surface area contributed by atoms with E-state index in [1.807, 2.05) is 13.8 Å². The van der Waals surface area contributed by atoms with Crippen LogP contribution in [0.15, 0.2) is 56.0 Å². The molecule has 0 amide bonds. The van der Waals surface area contributed by atoms with Crippen molar-refractivity contribution in [1.29, 1.82) is 0 Å². The first-order chi connectivity index (χ1) is 14.6. The first-order valence-corrected chi connectivity index (χ1v) is 12.6. The SMILES string of the molecule is CCCN(CCC)c1c([N+](=O)[O-])cc(S(=O)(=O)N=S(C)c2ccccc2)cc1[N+](=O)[O-]. The van der Waals surface area contributed by atoms with Crippen LogP contribution in [-0.4, -0.2) is 37.6 Å². The third kappa shape index (κ3) is 5.85. The zero-order chi connectivity index (χ0) is 23.2. The number of sulfonamides is 1. The fourth-order valence-electron chi connectivity index (χ4n) is 3.06. The lowest BCUT2D eigenvalue weighted by Crippen LogP contribution is -2.26. The fourth-order valence-corrected chi connectivity index (χ4v) is 5.99. The minimum absolute atomic E-state index is 0.184. The Morgan fingerprint density at radius 3 is 1.87 bits per heavy atom. The molecule has 0 fully saturated rings. The van der Waals surface area contributed by atoms with Gasteiger partial charge in [-0.1, -0.05) is 42.7 Å². The fraction of sp³-hybridized carbons (Fsp3) is 0.368. The molecule has 0 radical (unpaired) electrons. The van der Waals surface area contributed by atoms with Crippen molar-refractivity contribution in [2.45, 2.75) is 36.5 Å². The molecule has 1 atom stereocenters. The highest BCUT2D eigenvalue weighted by molar-refractivity contribution is 7.99. The lowest BCUT2D eigenvalue weighted by Gasteiger charge is -2.23. The molecule has 0 bridgehead atoms. The molecule has 31 heavy (non-hydrogen) atoms. The largest absolute Gasteiger partial charge is 0.360 e. The van der Waals surface area contributed by atoms with E-state index in [0.717, 1.165) is 12.1 Å². The quantitative estimate of drug-likeness (QED) is 0.374. The third-order valence-corrected chi connectivity index (χ3v) is 7.80. The third-order valence-electron chi connectivity index (χ3n) is 4.33. The molecule has 0 saturated carbocycles. The van der Waals surface area contributed by atoms with Gasteiger partial charge in [-0.05, 0) is 31.2 Å². The van der Waals surface area contributed by atoms with Crippen molar-refractivity contribution in [1.82, 2.24) is 0 Å². The number of hydrogen-bond donors (Lipinski definition) is 0. The van der Waals surface area contributed by atoms with Crippen molar-refractivity contribution >= 4 is 37.8 Å². The second-order valence-corrected chi connectivity index (χ2v) is 10.1. The van der Waals surface area contributed by atoms with Crippen molar-refractivity contribution in [3.8, 4) is 0 Å². The molecule has 2 aromatic carbocycles. The van der Waals surface area contributed by atoms with Crippen LogP contribution in [0.25, 0.3) is 0 Å². The zero-order valence-corrected chi connectivity index (χ0v) is 19.1. The molecule has 0 heterocycles. The van der Waals surface area contributed by atoms with E-state index in [1.165, 1.54) is 0 Å². The van der Waals surface area contributed by atoms with Crippen molar-refractivity contribution < 1.29 is 18.3 Å². The predicted octanol–water partition coefficient (Wildman–Crippen LogP) is 4.31. The summed E-state index contributed by atoms with van der Waals surface area (Å²) in [6.45, 7) is 4.42. The van der Waals surface area contributed by atoms with Gasteiger partial charge in [0.05, 0.1) is 9.85 Å². The molecule has 0 aliphatic rings. The summed E-state index contributed by atoms with van der Waals surface area (Å²) in [4.78, 5) is 23.6. The minimum atomic E-state index is -4.38. The first kappa shape index (κ1) is 24.4. The standard InChI is InChI=1S/C19H24N4O6S2/c1-4-11-21(12-5-2)19-17(22(24)25)13-16(14-18(19)23(26)27)31(28,29)20-30(3)15-9-7-6-8-10-15/h6-10,13-14H,4-5,11-12H2,1-3H3. The summed E-state index contributed by atoms with van der Waals surface area (Å²) in [6, 6.07) is 10.4. The van der Waals surface area contributed by atoms with Gasteiger partial charge in [-0.15, -0.1) is 3.77 Å². The Hall–Kier alpha value is -2.86. The van der Waals surface area contributed by atoms with Crippen LogP contribution in [0.4, 0.5) is 17.1 Å². The van der Waals surface area contributed by atoms with Gasteiger partial charge < -0.3 is 4.90 Å². The van der Waals surface area contributed by atoms with Gasteiger partial charge in [-0.2, -0.15) is 8.42 Å². The summed E-state index contributed by atoms with van der Waals surface area (Å²) in [7, 11) is -5.45. The van der Waals surface area contributed by atoms with Gasteiger partial charge in [-0.25, -0.2) is 0 Å². The van der Waals surface area contributed by atoms with Gasteiger partial charge >= 0.3 is 11.4 Å². The zero-order valence-electron chi connectivity index (χ0n) is 17.4. The molecule has 1 unspecified atom stereocenters. The molecule has 0 aliphatic heterocycles. The van der Waals surface area contributed by atoms with Crippen LogP contribution in [0, 0.1) is 20.2 Å². The van der Waals surface area contributed by atoms with Crippen LogP contribution in [0.1, 0.15) is 26.7 Å². The maximum Gasteiger partial charge on any atom is 0.301 e. The highest BCUT2D eigenvalue weighted by Crippen LogP contribution is 2.40. The number of hydrogen-bond acceptors (Lipinski definition) is 7. The second-order valence-electron chi connectivity index (χ2n) is 6.65. The summed E-state index contributed by atoms with van der Waals surface area (Å²) in [5.41, 5.74) is -1.43. The Balaban J connectivity index is 2.72. The summed E-state index contributed by atoms with van der Waals surface area (Å²) in [6.07, 6.45) is 2.81. The topological polar surface area (TPSA) is 136 Å². The maximum atomic E-state index is 12.9. The number of anilines is 1. The van der Waals surface area contributed by atoms with Gasteiger partial charge in [0.1, 0.15) is 4.90 Å². The van der Waals surface area contributed by atoms with E-state index >= 15 is 0 Å². The number of nitro groups is 2. The minimum Gasteiger partial charge on any atom is -0.360 e. The normalized spacial score (nSPS) is 12.5. The van der Waals surface area contributed by atoms with Gasteiger partial charge in [0.15, 0.2) is 5.69 Å². The van der Waals surface area contributed by atoms with Crippen molar-refractivity contribution in [3.05, 3.63) is 62.7 Å². The van der Waals surface area contributed by atoms with Crippen molar-refractivity contribution in [2.24, 2.45) is 3.77 Å². The maximum absolute atomic E-state index is 12.9. The van der Waals surface area contributed by atoms with Crippen LogP contribution >= 0.6 is 0 Å². The van der Waals surface area contributed by atoms with E-state index in [2.05, 4.69) is 3.77 Å². The molecule has 2 rings (SSSR count). The molecule has 10 nitrogen and oxygen atoms in total. The Labute approximate surface area is 183 Å². The smallest absolute Gasteiger partial charge is 0.301 e. The van der Waals surface area contributed by atoms with Gasteiger partial charge in [-0.3, -0.25) is 20.2 Å². The summed E-state index contributed by atoms with van der Waals surface area (Å²) in [5.74, 6) is 0. The van der Waals surface area contributed by atoms with Crippen molar-refractivity contribution in [2.75, 3.05) is 24.2 Å².